The summed E-state index contributed by atoms with van der Waals surface area (Å²) in [5.41, 5.74) is 3.35. The molecule has 0 atom stereocenters. The second-order valence-electron chi connectivity index (χ2n) is 4.80. The Morgan fingerprint density at radius 3 is 2.65 bits per heavy atom. The Morgan fingerprint density at radius 1 is 1.35 bits per heavy atom. The van der Waals surface area contributed by atoms with E-state index in [1.165, 1.54) is 5.56 Å². The van der Waals surface area contributed by atoms with Gasteiger partial charge in [-0.1, -0.05) is 38.1 Å². The molecule has 1 heterocycles. The maximum atomic E-state index is 11.8. The van der Waals surface area contributed by atoms with Gasteiger partial charge in [0.05, 0.1) is 18.7 Å². The van der Waals surface area contributed by atoms with Crippen molar-refractivity contribution < 1.29 is 4.79 Å². The van der Waals surface area contributed by atoms with Crippen LogP contribution in [0.4, 0.5) is 0 Å². The summed E-state index contributed by atoms with van der Waals surface area (Å²) in [6.07, 6.45) is 0.476. The highest BCUT2D eigenvalue weighted by Gasteiger charge is 2.25. The molecule has 0 spiro atoms. The number of amides is 1. The molecular weight excluding hydrogens is 212 g/mol. The van der Waals surface area contributed by atoms with E-state index in [2.05, 4.69) is 31.9 Å². The molecule has 1 aromatic rings. The molecule has 0 aromatic heterocycles. The first-order chi connectivity index (χ1) is 8.08. The van der Waals surface area contributed by atoms with Crippen molar-refractivity contribution in [2.24, 2.45) is 11.0 Å². The van der Waals surface area contributed by atoms with E-state index in [1.54, 1.807) is 5.01 Å². The van der Waals surface area contributed by atoms with Crippen LogP contribution in [-0.2, 0) is 11.3 Å². The van der Waals surface area contributed by atoms with Crippen molar-refractivity contribution in [2.75, 3.05) is 0 Å². The molecule has 0 fully saturated rings. The van der Waals surface area contributed by atoms with Crippen LogP contribution in [0.3, 0.4) is 0 Å². The van der Waals surface area contributed by atoms with Gasteiger partial charge in [-0.05, 0) is 24.0 Å². The molecule has 1 aliphatic rings. The molecule has 90 valence electrons. The molecule has 0 bridgehead atoms. The van der Waals surface area contributed by atoms with E-state index in [0.717, 1.165) is 11.3 Å². The Kier molecular flexibility index (Phi) is 3.27. The Hall–Kier alpha value is -1.64. The lowest BCUT2D eigenvalue weighted by molar-refractivity contribution is -0.129. The number of nitrogens with zero attached hydrogens (tertiary/aromatic N) is 2. The van der Waals surface area contributed by atoms with Crippen LogP contribution in [-0.4, -0.2) is 16.6 Å². The molecule has 0 aliphatic carbocycles. The van der Waals surface area contributed by atoms with E-state index in [-0.39, 0.29) is 5.91 Å². The lowest BCUT2D eigenvalue weighted by Crippen LogP contribution is -2.20. The number of hydrogen-bond acceptors (Lipinski definition) is 2. The van der Waals surface area contributed by atoms with Crippen LogP contribution in [0.5, 0.6) is 0 Å². The van der Waals surface area contributed by atoms with E-state index in [0.29, 0.717) is 18.9 Å². The Bertz CT molecular complexity index is 463. The molecule has 0 saturated heterocycles. The van der Waals surface area contributed by atoms with Crippen molar-refractivity contribution in [1.29, 1.82) is 0 Å². The zero-order chi connectivity index (χ0) is 12.4. The second kappa shape index (κ2) is 4.70. The van der Waals surface area contributed by atoms with Gasteiger partial charge in [0.15, 0.2) is 0 Å². The van der Waals surface area contributed by atoms with Crippen LogP contribution in [0.1, 0.15) is 31.4 Å². The smallest absolute Gasteiger partial charge is 0.248 e. The van der Waals surface area contributed by atoms with Gasteiger partial charge < -0.3 is 0 Å². The lowest BCUT2D eigenvalue weighted by atomic mass is 10.1. The molecule has 0 N–H and O–H groups in total. The average Bonchev–Trinajstić information content (AvgIpc) is 2.64. The fourth-order valence-corrected chi connectivity index (χ4v) is 1.88. The third kappa shape index (κ3) is 2.54. The number of carbonyl (C=O) groups excluding carboxylic acids is 1. The summed E-state index contributed by atoms with van der Waals surface area (Å²) in [6.45, 7) is 6.79. The standard InChI is InChI=1S/C14H18N2O/c1-10(2)13-8-14(17)16(15-13)9-12-7-5-4-6-11(12)3/h4-7,10H,8-9H2,1-3H3. The monoisotopic (exact) mass is 230 g/mol. The number of carbonyl (C=O) groups is 1. The van der Waals surface area contributed by atoms with Crippen LogP contribution in [0.15, 0.2) is 29.4 Å². The summed E-state index contributed by atoms with van der Waals surface area (Å²) in [5.74, 6) is 0.456. The minimum absolute atomic E-state index is 0.108. The average molecular weight is 230 g/mol. The molecule has 0 saturated carbocycles. The van der Waals surface area contributed by atoms with Crippen LogP contribution in [0, 0.1) is 12.8 Å². The van der Waals surface area contributed by atoms with E-state index < -0.39 is 0 Å². The van der Waals surface area contributed by atoms with Gasteiger partial charge in [-0.3, -0.25) is 4.79 Å². The SMILES string of the molecule is Cc1ccccc1CN1N=C(C(C)C)CC1=O. The summed E-state index contributed by atoms with van der Waals surface area (Å²) in [6, 6.07) is 8.11. The van der Waals surface area contributed by atoms with E-state index >= 15 is 0 Å². The molecule has 1 aliphatic heterocycles. The van der Waals surface area contributed by atoms with E-state index in [4.69, 9.17) is 0 Å². The summed E-state index contributed by atoms with van der Waals surface area (Å²) >= 11 is 0. The molecule has 0 radical (unpaired) electrons. The molecule has 3 nitrogen and oxygen atoms in total. The predicted molar refractivity (Wildman–Crippen MR) is 68.6 cm³/mol. The second-order valence-corrected chi connectivity index (χ2v) is 4.80. The van der Waals surface area contributed by atoms with Crippen LogP contribution in [0.25, 0.3) is 0 Å². The van der Waals surface area contributed by atoms with Gasteiger partial charge in [0.25, 0.3) is 0 Å². The number of hydrazone groups is 1. The fourth-order valence-electron chi connectivity index (χ4n) is 1.88. The largest absolute Gasteiger partial charge is 0.273 e. The Balaban J connectivity index is 2.15. The van der Waals surface area contributed by atoms with Crippen molar-refractivity contribution in [3.8, 4) is 0 Å². The van der Waals surface area contributed by atoms with Crippen molar-refractivity contribution in [3.63, 3.8) is 0 Å². The van der Waals surface area contributed by atoms with Crippen LogP contribution < -0.4 is 0 Å². The van der Waals surface area contributed by atoms with Gasteiger partial charge >= 0.3 is 0 Å². The van der Waals surface area contributed by atoms with Gasteiger partial charge in [-0.2, -0.15) is 5.10 Å². The maximum absolute atomic E-state index is 11.8. The first kappa shape index (κ1) is 11.8. The molecule has 3 heteroatoms. The normalized spacial score (nSPS) is 15.6. The number of aryl methyl sites for hydroxylation is 1. The highest BCUT2D eigenvalue weighted by molar-refractivity contribution is 6.05. The van der Waals surface area contributed by atoms with Crippen molar-refractivity contribution in [1.82, 2.24) is 5.01 Å². The zero-order valence-electron chi connectivity index (χ0n) is 10.6. The Labute approximate surface area is 102 Å². The van der Waals surface area contributed by atoms with Gasteiger partial charge in [-0.25, -0.2) is 5.01 Å². The third-order valence-corrected chi connectivity index (χ3v) is 3.12. The summed E-state index contributed by atoms with van der Waals surface area (Å²) in [4.78, 5) is 11.8. The fraction of sp³-hybridized carbons (Fsp3) is 0.429. The van der Waals surface area contributed by atoms with Gasteiger partial charge in [0, 0.05) is 0 Å². The summed E-state index contributed by atoms with van der Waals surface area (Å²) in [7, 11) is 0. The van der Waals surface area contributed by atoms with Crippen molar-refractivity contribution in [3.05, 3.63) is 35.4 Å². The first-order valence-electron chi connectivity index (χ1n) is 6.00. The molecule has 17 heavy (non-hydrogen) atoms. The first-order valence-corrected chi connectivity index (χ1v) is 6.00. The van der Waals surface area contributed by atoms with Gasteiger partial charge in [0.1, 0.15) is 0 Å². The Morgan fingerprint density at radius 2 is 2.06 bits per heavy atom. The topological polar surface area (TPSA) is 32.7 Å². The van der Waals surface area contributed by atoms with E-state index in [9.17, 15) is 4.79 Å². The minimum Gasteiger partial charge on any atom is -0.273 e. The molecule has 1 aromatic carbocycles. The van der Waals surface area contributed by atoms with Gasteiger partial charge in [0.2, 0.25) is 5.91 Å². The lowest BCUT2D eigenvalue weighted by Gasteiger charge is -2.13. The number of hydrogen-bond donors (Lipinski definition) is 0. The van der Waals surface area contributed by atoms with Crippen LogP contribution >= 0.6 is 0 Å². The zero-order valence-corrected chi connectivity index (χ0v) is 10.6. The molecule has 0 unspecified atom stereocenters. The summed E-state index contributed by atoms with van der Waals surface area (Å²) < 4.78 is 0. The maximum Gasteiger partial charge on any atom is 0.248 e. The van der Waals surface area contributed by atoms with Crippen LogP contribution in [0.2, 0.25) is 0 Å². The highest BCUT2D eigenvalue weighted by atomic mass is 16.2. The van der Waals surface area contributed by atoms with Crippen molar-refractivity contribution >= 4 is 11.6 Å². The number of benzene rings is 1. The predicted octanol–water partition coefficient (Wildman–Crippen LogP) is 2.74. The molecule has 2 rings (SSSR count). The quantitative estimate of drug-likeness (QED) is 0.785. The van der Waals surface area contributed by atoms with Crippen molar-refractivity contribution in [2.45, 2.75) is 33.7 Å². The molecule has 1 amide bonds. The van der Waals surface area contributed by atoms with Gasteiger partial charge in [-0.15, -0.1) is 0 Å². The molecular formula is C14H18N2O. The number of rotatable bonds is 3. The van der Waals surface area contributed by atoms with E-state index in [1.807, 2.05) is 18.2 Å². The minimum atomic E-state index is 0.108. The summed E-state index contributed by atoms with van der Waals surface area (Å²) in [5, 5.41) is 6.00. The third-order valence-electron chi connectivity index (χ3n) is 3.12. The highest BCUT2D eigenvalue weighted by Crippen LogP contribution is 2.18.